The van der Waals surface area contributed by atoms with Crippen molar-refractivity contribution >= 4 is 24.0 Å². The topological polar surface area (TPSA) is 88.5 Å². The molecule has 0 saturated carbocycles. The number of amides is 1. The van der Waals surface area contributed by atoms with E-state index in [9.17, 15) is 4.79 Å². The number of anilines is 1. The third-order valence-electron chi connectivity index (χ3n) is 5.42. The maximum absolute atomic E-state index is 12.7. The summed E-state index contributed by atoms with van der Waals surface area (Å²) < 4.78 is 5.52. The van der Waals surface area contributed by atoms with E-state index in [2.05, 4.69) is 22.0 Å². The average Bonchev–Trinajstić information content (AvgIpc) is 3.24. The number of hydrogen-bond donors (Lipinski definition) is 1. The highest BCUT2D eigenvalue weighted by molar-refractivity contribution is 5.94. The van der Waals surface area contributed by atoms with Crippen molar-refractivity contribution in [3.63, 3.8) is 0 Å². The van der Waals surface area contributed by atoms with E-state index in [1.165, 1.54) is 5.56 Å². The number of aromatic nitrogens is 2. The van der Waals surface area contributed by atoms with Crippen LogP contribution in [0.25, 0.3) is 11.4 Å². The molecule has 1 aliphatic heterocycles. The van der Waals surface area contributed by atoms with Crippen molar-refractivity contribution in [3.8, 4) is 11.4 Å². The first-order chi connectivity index (χ1) is 14.0. The molecule has 1 atom stereocenters. The molecule has 7 nitrogen and oxygen atoms in total. The van der Waals surface area contributed by atoms with Crippen LogP contribution in [0.1, 0.15) is 34.8 Å². The monoisotopic (exact) mass is 427 g/mol. The van der Waals surface area contributed by atoms with Crippen LogP contribution in [0.15, 0.2) is 53.1 Å². The normalized spacial score (nSPS) is 15.5. The van der Waals surface area contributed by atoms with Crippen LogP contribution in [0.2, 0.25) is 0 Å². The lowest BCUT2D eigenvalue weighted by atomic mass is 10.1. The number of nitrogen functional groups attached to an aromatic ring is 1. The molecule has 0 radical (unpaired) electrons. The first-order valence-corrected chi connectivity index (χ1v) is 9.81. The Morgan fingerprint density at radius 3 is 2.30 bits per heavy atom. The molecule has 0 bridgehead atoms. The Kier molecular flexibility index (Phi) is 6.74. The molecular weight excluding hydrogens is 402 g/mol. The van der Waals surface area contributed by atoms with Crippen molar-refractivity contribution in [1.29, 1.82) is 0 Å². The summed E-state index contributed by atoms with van der Waals surface area (Å²) in [5, 5.41) is 4.13. The fraction of sp³-hybridized carbons (Fsp3) is 0.318. The van der Waals surface area contributed by atoms with Crippen molar-refractivity contribution in [2.24, 2.45) is 0 Å². The maximum atomic E-state index is 12.7. The van der Waals surface area contributed by atoms with Gasteiger partial charge in [0.15, 0.2) is 0 Å². The fourth-order valence-corrected chi connectivity index (χ4v) is 3.50. The van der Waals surface area contributed by atoms with Crippen LogP contribution in [-0.4, -0.2) is 52.0 Å². The van der Waals surface area contributed by atoms with Gasteiger partial charge in [0.25, 0.3) is 5.91 Å². The molecule has 1 unspecified atom stereocenters. The number of rotatable bonds is 4. The summed E-state index contributed by atoms with van der Waals surface area (Å²) in [5.74, 6) is 1.24. The highest BCUT2D eigenvalue weighted by Gasteiger charge is 2.28. The molecule has 1 saturated heterocycles. The van der Waals surface area contributed by atoms with Crippen molar-refractivity contribution in [3.05, 3.63) is 65.5 Å². The molecule has 4 rings (SSSR count). The van der Waals surface area contributed by atoms with E-state index in [0.29, 0.717) is 36.1 Å². The van der Waals surface area contributed by atoms with Gasteiger partial charge in [0.2, 0.25) is 11.7 Å². The molecule has 1 aromatic heterocycles. The predicted octanol–water partition coefficient (Wildman–Crippen LogP) is 3.57. The van der Waals surface area contributed by atoms with Gasteiger partial charge in [-0.15, -0.1) is 12.4 Å². The first kappa shape index (κ1) is 21.8. The summed E-state index contributed by atoms with van der Waals surface area (Å²) in [6, 6.07) is 15.1. The Hall–Kier alpha value is -2.90. The number of hydrogen-bond acceptors (Lipinski definition) is 6. The molecule has 30 heavy (non-hydrogen) atoms. The molecule has 1 aliphatic rings. The van der Waals surface area contributed by atoms with E-state index in [1.54, 1.807) is 24.3 Å². The Bertz CT molecular complexity index is 980. The van der Waals surface area contributed by atoms with Crippen LogP contribution in [0, 0.1) is 6.92 Å². The minimum absolute atomic E-state index is 0. The third-order valence-corrected chi connectivity index (χ3v) is 5.42. The van der Waals surface area contributed by atoms with Gasteiger partial charge in [0.05, 0.1) is 6.04 Å². The molecule has 1 amide bonds. The summed E-state index contributed by atoms with van der Waals surface area (Å²) in [7, 11) is 0. The predicted molar refractivity (Wildman–Crippen MR) is 118 cm³/mol. The van der Waals surface area contributed by atoms with Gasteiger partial charge in [0.1, 0.15) is 0 Å². The van der Waals surface area contributed by atoms with Gasteiger partial charge in [0, 0.05) is 43.0 Å². The lowest BCUT2D eigenvalue weighted by molar-refractivity contribution is 0.0551. The standard InChI is InChI=1S/C22H25N5O2.ClH/c1-15-3-5-17(6-4-15)20-24-21(29-25-20)16(2)26-11-13-27(14-12-26)22(28)18-7-9-19(23)10-8-18;/h3-10,16H,11-14,23H2,1-2H3;1H. The lowest BCUT2D eigenvalue weighted by Crippen LogP contribution is -2.49. The summed E-state index contributed by atoms with van der Waals surface area (Å²) in [4.78, 5) is 21.4. The van der Waals surface area contributed by atoms with Crippen LogP contribution >= 0.6 is 12.4 Å². The molecule has 0 aliphatic carbocycles. The van der Waals surface area contributed by atoms with Crippen LogP contribution in [0.5, 0.6) is 0 Å². The summed E-state index contributed by atoms with van der Waals surface area (Å²) in [5.41, 5.74) is 9.16. The molecule has 2 heterocycles. The molecule has 8 heteroatoms. The summed E-state index contributed by atoms with van der Waals surface area (Å²) in [6.45, 7) is 6.93. The average molecular weight is 428 g/mol. The minimum Gasteiger partial charge on any atom is -0.399 e. The van der Waals surface area contributed by atoms with Gasteiger partial charge >= 0.3 is 0 Å². The molecule has 0 spiro atoms. The van der Waals surface area contributed by atoms with Crippen LogP contribution in [-0.2, 0) is 0 Å². The second kappa shape index (κ2) is 9.28. The van der Waals surface area contributed by atoms with Gasteiger partial charge in [-0.05, 0) is 38.1 Å². The molecule has 3 aromatic rings. The SMILES string of the molecule is Cc1ccc(-c2noc(C(C)N3CCN(C(=O)c4ccc(N)cc4)CC3)n2)cc1.Cl. The zero-order valence-corrected chi connectivity index (χ0v) is 17.9. The lowest BCUT2D eigenvalue weighted by Gasteiger charge is -2.36. The second-order valence-corrected chi connectivity index (χ2v) is 7.45. The number of piperazine rings is 1. The largest absolute Gasteiger partial charge is 0.399 e. The number of aryl methyl sites for hydroxylation is 1. The second-order valence-electron chi connectivity index (χ2n) is 7.45. The van der Waals surface area contributed by atoms with E-state index in [4.69, 9.17) is 10.3 Å². The number of nitrogens with zero attached hydrogens (tertiary/aromatic N) is 4. The maximum Gasteiger partial charge on any atom is 0.253 e. The van der Waals surface area contributed by atoms with Gasteiger partial charge < -0.3 is 15.2 Å². The van der Waals surface area contributed by atoms with Crippen molar-refractivity contribution in [2.75, 3.05) is 31.9 Å². The minimum atomic E-state index is -0.00419. The van der Waals surface area contributed by atoms with Gasteiger partial charge in [-0.2, -0.15) is 4.98 Å². The highest BCUT2D eigenvalue weighted by Crippen LogP contribution is 2.24. The number of carbonyl (C=O) groups excluding carboxylic acids is 1. The Labute approximate surface area is 182 Å². The van der Waals surface area contributed by atoms with Crippen molar-refractivity contribution in [2.45, 2.75) is 19.9 Å². The Balaban J connectivity index is 0.00000256. The van der Waals surface area contributed by atoms with Crippen LogP contribution in [0.4, 0.5) is 5.69 Å². The molecule has 2 N–H and O–H groups in total. The van der Waals surface area contributed by atoms with E-state index < -0.39 is 0 Å². The molecular formula is C22H26ClN5O2. The summed E-state index contributed by atoms with van der Waals surface area (Å²) >= 11 is 0. The molecule has 158 valence electrons. The number of carbonyl (C=O) groups is 1. The zero-order chi connectivity index (χ0) is 20.4. The number of benzene rings is 2. The number of halogens is 1. The summed E-state index contributed by atoms with van der Waals surface area (Å²) in [6.07, 6.45) is 0. The smallest absolute Gasteiger partial charge is 0.253 e. The van der Waals surface area contributed by atoms with Gasteiger partial charge in [-0.3, -0.25) is 9.69 Å². The third kappa shape index (κ3) is 4.63. The van der Waals surface area contributed by atoms with E-state index in [1.807, 2.05) is 36.1 Å². The van der Waals surface area contributed by atoms with Crippen LogP contribution in [0.3, 0.4) is 0 Å². The fourth-order valence-electron chi connectivity index (χ4n) is 3.50. The zero-order valence-electron chi connectivity index (χ0n) is 17.1. The van der Waals surface area contributed by atoms with Gasteiger partial charge in [-0.1, -0.05) is 35.0 Å². The van der Waals surface area contributed by atoms with E-state index in [0.717, 1.165) is 18.7 Å². The molecule has 1 fully saturated rings. The Morgan fingerprint density at radius 1 is 1.03 bits per heavy atom. The van der Waals surface area contributed by atoms with Crippen LogP contribution < -0.4 is 5.73 Å². The quantitative estimate of drug-likeness (QED) is 0.640. The highest BCUT2D eigenvalue weighted by atomic mass is 35.5. The van der Waals surface area contributed by atoms with E-state index in [-0.39, 0.29) is 24.4 Å². The van der Waals surface area contributed by atoms with Crippen molar-refractivity contribution in [1.82, 2.24) is 19.9 Å². The Morgan fingerprint density at radius 2 is 1.67 bits per heavy atom. The molecule has 2 aromatic carbocycles. The van der Waals surface area contributed by atoms with E-state index >= 15 is 0 Å². The number of nitrogens with two attached hydrogens (primary N) is 1. The first-order valence-electron chi connectivity index (χ1n) is 9.81. The van der Waals surface area contributed by atoms with Gasteiger partial charge in [-0.25, -0.2) is 0 Å². The van der Waals surface area contributed by atoms with Crippen molar-refractivity contribution < 1.29 is 9.32 Å².